The summed E-state index contributed by atoms with van der Waals surface area (Å²) in [6, 6.07) is 0.286. The Morgan fingerprint density at radius 3 is 2.93 bits per heavy atom. The zero-order valence-electron chi connectivity index (χ0n) is 9.53. The van der Waals surface area contributed by atoms with E-state index in [-0.39, 0.29) is 18.1 Å². The topological polar surface area (TPSA) is 41.6 Å². The molecular weight excluding hydrogens is 192 g/mol. The van der Waals surface area contributed by atoms with Crippen LogP contribution in [0.1, 0.15) is 26.7 Å². The minimum Gasteiger partial charge on any atom is -0.379 e. The first-order valence-corrected chi connectivity index (χ1v) is 5.82. The Hall–Kier alpha value is -0.610. The summed E-state index contributed by atoms with van der Waals surface area (Å²) in [4.78, 5) is 13.8. The van der Waals surface area contributed by atoms with Crippen molar-refractivity contribution < 1.29 is 9.53 Å². The molecule has 2 aliphatic heterocycles. The van der Waals surface area contributed by atoms with Crippen molar-refractivity contribution in [3.05, 3.63) is 0 Å². The van der Waals surface area contributed by atoms with E-state index in [9.17, 15) is 4.79 Å². The van der Waals surface area contributed by atoms with Crippen LogP contribution in [0.5, 0.6) is 0 Å². The molecule has 2 atom stereocenters. The third-order valence-electron chi connectivity index (χ3n) is 3.21. The van der Waals surface area contributed by atoms with E-state index in [1.807, 2.05) is 4.90 Å². The van der Waals surface area contributed by atoms with E-state index in [1.165, 1.54) is 0 Å². The van der Waals surface area contributed by atoms with Gasteiger partial charge in [0.2, 0.25) is 5.91 Å². The van der Waals surface area contributed by atoms with Gasteiger partial charge in [-0.3, -0.25) is 10.1 Å². The Bertz CT molecular complexity index is 237. The van der Waals surface area contributed by atoms with Crippen molar-refractivity contribution >= 4 is 5.91 Å². The van der Waals surface area contributed by atoms with Crippen molar-refractivity contribution in [1.82, 2.24) is 10.2 Å². The number of ether oxygens (including phenoxy) is 1. The zero-order chi connectivity index (χ0) is 10.8. The fourth-order valence-corrected chi connectivity index (χ4v) is 2.47. The predicted octanol–water partition coefficient (Wildman–Crippen LogP) is 0.579. The number of carbonyl (C=O) groups is 1. The molecule has 0 aromatic carbocycles. The molecule has 2 aliphatic rings. The lowest BCUT2D eigenvalue weighted by atomic mass is 10.0. The van der Waals surface area contributed by atoms with Gasteiger partial charge in [-0.25, -0.2) is 0 Å². The van der Waals surface area contributed by atoms with Crippen molar-refractivity contribution in [1.29, 1.82) is 0 Å². The van der Waals surface area contributed by atoms with Gasteiger partial charge < -0.3 is 9.64 Å². The van der Waals surface area contributed by atoms with Crippen LogP contribution in [-0.4, -0.2) is 42.8 Å². The van der Waals surface area contributed by atoms with E-state index < -0.39 is 0 Å². The number of rotatable bonds is 2. The van der Waals surface area contributed by atoms with Gasteiger partial charge in [-0.05, 0) is 18.8 Å². The summed E-state index contributed by atoms with van der Waals surface area (Å²) < 4.78 is 5.45. The van der Waals surface area contributed by atoms with Crippen LogP contribution in [0.2, 0.25) is 0 Å². The van der Waals surface area contributed by atoms with E-state index in [4.69, 9.17) is 4.74 Å². The molecule has 1 amide bonds. The van der Waals surface area contributed by atoms with Gasteiger partial charge in [0.25, 0.3) is 0 Å². The van der Waals surface area contributed by atoms with Crippen LogP contribution >= 0.6 is 0 Å². The Labute approximate surface area is 91.0 Å². The fourth-order valence-electron chi connectivity index (χ4n) is 2.47. The predicted molar refractivity (Wildman–Crippen MR) is 57.3 cm³/mol. The lowest BCUT2D eigenvalue weighted by Crippen LogP contribution is -2.50. The maximum atomic E-state index is 11.8. The van der Waals surface area contributed by atoms with Crippen LogP contribution < -0.4 is 5.32 Å². The highest BCUT2D eigenvalue weighted by atomic mass is 16.5. The number of hydrogen-bond donors (Lipinski definition) is 1. The standard InChI is InChI=1S/C11H20N2O2/c1-8(2)11-12-6-10(14)13(11)9-4-3-5-15-7-9/h8-9,11-12H,3-7H2,1-2H3. The average Bonchev–Trinajstić information content (AvgIpc) is 2.61. The normalized spacial score (nSPS) is 32.7. The lowest BCUT2D eigenvalue weighted by molar-refractivity contribution is -0.134. The van der Waals surface area contributed by atoms with Crippen LogP contribution in [-0.2, 0) is 9.53 Å². The molecule has 0 aliphatic carbocycles. The summed E-state index contributed by atoms with van der Waals surface area (Å²) in [5, 5.41) is 3.27. The second kappa shape index (κ2) is 4.49. The van der Waals surface area contributed by atoms with E-state index in [0.717, 1.165) is 19.4 Å². The van der Waals surface area contributed by atoms with Gasteiger partial charge in [-0.1, -0.05) is 13.8 Å². The summed E-state index contributed by atoms with van der Waals surface area (Å²) in [6.07, 6.45) is 2.35. The van der Waals surface area contributed by atoms with Gasteiger partial charge in [-0.15, -0.1) is 0 Å². The van der Waals surface area contributed by atoms with Gasteiger partial charge in [0.05, 0.1) is 25.4 Å². The van der Waals surface area contributed by atoms with Crippen molar-refractivity contribution in [2.24, 2.45) is 5.92 Å². The Balaban J connectivity index is 2.05. The number of carbonyl (C=O) groups excluding carboxylic acids is 1. The van der Waals surface area contributed by atoms with E-state index >= 15 is 0 Å². The van der Waals surface area contributed by atoms with E-state index in [2.05, 4.69) is 19.2 Å². The quantitative estimate of drug-likeness (QED) is 0.728. The largest absolute Gasteiger partial charge is 0.379 e. The van der Waals surface area contributed by atoms with Gasteiger partial charge in [0.15, 0.2) is 0 Å². The lowest BCUT2D eigenvalue weighted by Gasteiger charge is -2.36. The molecule has 2 rings (SSSR count). The highest BCUT2D eigenvalue weighted by molar-refractivity contribution is 5.81. The molecular formula is C11H20N2O2. The second-order valence-corrected chi connectivity index (χ2v) is 4.74. The molecule has 1 N–H and O–H groups in total. The SMILES string of the molecule is CC(C)C1NCC(=O)N1C1CCCOC1. The molecule has 2 unspecified atom stereocenters. The first-order chi connectivity index (χ1) is 7.20. The van der Waals surface area contributed by atoms with Gasteiger partial charge in [-0.2, -0.15) is 0 Å². The fraction of sp³-hybridized carbons (Fsp3) is 0.909. The third kappa shape index (κ3) is 2.16. The van der Waals surface area contributed by atoms with Crippen molar-refractivity contribution in [3.63, 3.8) is 0 Å². The maximum absolute atomic E-state index is 11.8. The molecule has 0 aromatic heterocycles. The maximum Gasteiger partial charge on any atom is 0.238 e. The van der Waals surface area contributed by atoms with Gasteiger partial charge >= 0.3 is 0 Å². The Kier molecular flexibility index (Phi) is 3.26. The number of nitrogens with zero attached hydrogens (tertiary/aromatic N) is 1. The Morgan fingerprint density at radius 1 is 1.53 bits per heavy atom. The summed E-state index contributed by atoms with van der Waals surface area (Å²) in [5.74, 6) is 0.683. The van der Waals surface area contributed by atoms with Crippen LogP contribution in [0.3, 0.4) is 0 Å². The van der Waals surface area contributed by atoms with Crippen LogP contribution in [0.25, 0.3) is 0 Å². The molecule has 2 saturated heterocycles. The average molecular weight is 212 g/mol. The first kappa shape index (κ1) is 10.9. The highest BCUT2D eigenvalue weighted by Crippen LogP contribution is 2.22. The summed E-state index contributed by atoms with van der Waals surface area (Å²) in [7, 11) is 0. The second-order valence-electron chi connectivity index (χ2n) is 4.74. The van der Waals surface area contributed by atoms with E-state index in [1.54, 1.807) is 0 Å². The van der Waals surface area contributed by atoms with Crippen molar-refractivity contribution in [3.8, 4) is 0 Å². The van der Waals surface area contributed by atoms with Crippen LogP contribution in [0.15, 0.2) is 0 Å². The number of amides is 1. The summed E-state index contributed by atoms with van der Waals surface area (Å²) in [5.41, 5.74) is 0. The number of nitrogens with one attached hydrogen (secondary N) is 1. The summed E-state index contributed by atoms with van der Waals surface area (Å²) >= 11 is 0. The summed E-state index contributed by atoms with van der Waals surface area (Å²) in [6.45, 7) is 6.33. The smallest absolute Gasteiger partial charge is 0.238 e. The molecule has 15 heavy (non-hydrogen) atoms. The van der Waals surface area contributed by atoms with Crippen molar-refractivity contribution in [2.75, 3.05) is 19.8 Å². The Morgan fingerprint density at radius 2 is 2.33 bits per heavy atom. The van der Waals surface area contributed by atoms with Crippen LogP contribution in [0, 0.1) is 5.92 Å². The minimum atomic E-state index is 0.198. The van der Waals surface area contributed by atoms with Crippen LogP contribution in [0.4, 0.5) is 0 Å². The zero-order valence-corrected chi connectivity index (χ0v) is 9.53. The first-order valence-electron chi connectivity index (χ1n) is 5.82. The molecule has 2 fully saturated rings. The molecule has 0 saturated carbocycles. The van der Waals surface area contributed by atoms with E-state index in [0.29, 0.717) is 19.1 Å². The molecule has 0 radical (unpaired) electrons. The minimum absolute atomic E-state index is 0.198. The van der Waals surface area contributed by atoms with Crippen molar-refractivity contribution in [2.45, 2.75) is 38.9 Å². The monoisotopic (exact) mass is 212 g/mol. The molecule has 2 heterocycles. The van der Waals surface area contributed by atoms with Gasteiger partial charge in [0.1, 0.15) is 0 Å². The third-order valence-corrected chi connectivity index (χ3v) is 3.21. The molecule has 4 heteroatoms. The molecule has 4 nitrogen and oxygen atoms in total. The van der Waals surface area contributed by atoms with Gasteiger partial charge in [0, 0.05) is 6.61 Å². The molecule has 86 valence electrons. The molecule has 0 bridgehead atoms. The highest BCUT2D eigenvalue weighted by Gasteiger charge is 2.37. The molecule has 0 spiro atoms. The molecule has 0 aromatic rings. The number of hydrogen-bond acceptors (Lipinski definition) is 3.